The first-order valence-electron chi connectivity index (χ1n) is 10.2. The van der Waals surface area contributed by atoms with Crippen molar-refractivity contribution in [2.75, 3.05) is 0 Å². The van der Waals surface area contributed by atoms with Crippen molar-refractivity contribution in [1.29, 1.82) is 5.26 Å². The minimum absolute atomic E-state index is 0.0579. The van der Waals surface area contributed by atoms with Crippen LogP contribution in [0, 0.1) is 11.3 Å². The van der Waals surface area contributed by atoms with E-state index in [0.717, 1.165) is 21.5 Å². The lowest BCUT2D eigenvalue weighted by Gasteiger charge is -2.14. The summed E-state index contributed by atoms with van der Waals surface area (Å²) in [7, 11) is 0. The predicted octanol–water partition coefficient (Wildman–Crippen LogP) is 1.91. The number of nitrogens with zero attached hydrogens (tertiary/aromatic N) is 5. The summed E-state index contributed by atoms with van der Waals surface area (Å²) in [5.74, 6) is -0.614. The van der Waals surface area contributed by atoms with Crippen LogP contribution in [0.3, 0.4) is 0 Å². The van der Waals surface area contributed by atoms with E-state index in [4.69, 9.17) is 26.7 Å². The number of hydrogen-bond acceptors (Lipinski definition) is 8. The molecule has 0 fully saturated rings. The largest absolute Gasteiger partial charge is 0.477 e. The number of thiazole rings is 1. The maximum absolute atomic E-state index is 13.0. The predicted molar refractivity (Wildman–Crippen MR) is 126 cm³/mol. The van der Waals surface area contributed by atoms with Gasteiger partial charge >= 0.3 is 17.3 Å². The molecule has 178 valence electrons. The second-order valence-electron chi connectivity index (χ2n) is 7.29. The summed E-state index contributed by atoms with van der Waals surface area (Å²) in [6, 6.07) is 8.27. The Labute approximate surface area is 206 Å². The number of ether oxygens (including phenoxy) is 1. The molecule has 0 aliphatic heterocycles. The molecule has 2 aromatic heterocycles. The molecule has 1 aliphatic rings. The number of carboxylic acids is 1. The van der Waals surface area contributed by atoms with Crippen molar-refractivity contribution in [3.05, 3.63) is 96.5 Å². The van der Waals surface area contributed by atoms with E-state index in [1.165, 1.54) is 10.8 Å². The Morgan fingerprint density at radius 1 is 1.34 bits per heavy atom. The molecule has 0 saturated heterocycles. The topological polar surface area (TPSA) is 155 Å². The van der Waals surface area contributed by atoms with Crippen LogP contribution in [0.1, 0.15) is 21.7 Å². The molecule has 2 N–H and O–H groups in total. The van der Waals surface area contributed by atoms with Crippen molar-refractivity contribution >= 4 is 28.9 Å². The van der Waals surface area contributed by atoms with Gasteiger partial charge in [0.25, 0.3) is 5.19 Å². The number of allylic oxidation sites excluding steroid dienone is 1. The number of halogens is 1. The van der Waals surface area contributed by atoms with Crippen LogP contribution in [0.4, 0.5) is 0 Å². The number of aromatic nitrogens is 4. The SMILES string of the molecule is N#CCn1c(=O)[nH]/c(=N\C2C=CC(Oc3ncc(C(=O)O)s3)=CC2)n(Cc2ccc(Cl)cc2)c1=O. The maximum atomic E-state index is 13.0. The summed E-state index contributed by atoms with van der Waals surface area (Å²) in [6.07, 6.45) is 6.74. The van der Waals surface area contributed by atoms with Gasteiger partial charge in [-0.2, -0.15) is 5.26 Å². The second-order valence-corrected chi connectivity index (χ2v) is 8.72. The Morgan fingerprint density at radius 3 is 2.74 bits per heavy atom. The summed E-state index contributed by atoms with van der Waals surface area (Å²) in [6.45, 7) is -0.296. The minimum atomic E-state index is -1.08. The standard InChI is InChI=1S/C22H17ClN6O5S/c23-14-3-1-13(2-4-14)12-29-19(27-20(32)28(10-9-24)22(29)33)26-15-5-7-16(8-6-15)34-21-25-11-17(35-21)18(30)31/h1-5,7-8,11,15H,6,10,12H2,(H,30,31)(H,26,27,32). The number of hydrogen-bond donors (Lipinski definition) is 2. The molecule has 4 rings (SSSR count). The highest BCUT2D eigenvalue weighted by atomic mass is 35.5. The number of carbonyl (C=O) groups is 1. The van der Waals surface area contributed by atoms with Crippen LogP contribution in [0.15, 0.2) is 69.0 Å². The van der Waals surface area contributed by atoms with E-state index in [9.17, 15) is 14.4 Å². The van der Waals surface area contributed by atoms with E-state index in [-0.39, 0.29) is 22.2 Å². The van der Waals surface area contributed by atoms with Gasteiger partial charge in [-0.25, -0.2) is 28.9 Å². The van der Waals surface area contributed by atoms with Crippen LogP contribution >= 0.6 is 22.9 Å². The van der Waals surface area contributed by atoms with E-state index in [2.05, 4.69) is 15.0 Å². The molecule has 0 amide bonds. The number of aromatic carboxylic acids is 1. The minimum Gasteiger partial charge on any atom is -0.477 e. The number of nitriles is 1. The van der Waals surface area contributed by atoms with E-state index >= 15 is 0 Å². The van der Waals surface area contributed by atoms with Crippen LogP contribution in [-0.4, -0.2) is 36.2 Å². The molecular formula is C22H17ClN6O5S. The fraction of sp³-hybridized carbons (Fsp3) is 0.182. The third-order valence-corrected chi connectivity index (χ3v) is 6.01. The highest BCUT2D eigenvalue weighted by Gasteiger charge is 2.15. The highest BCUT2D eigenvalue weighted by molar-refractivity contribution is 7.15. The summed E-state index contributed by atoms with van der Waals surface area (Å²) in [4.78, 5) is 47.5. The molecule has 3 aromatic rings. The van der Waals surface area contributed by atoms with Gasteiger partial charge in [0, 0.05) is 5.02 Å². The highest BCUT2D eigenvalue weighted by Crippen LogP contribution is 2.24. The monoisotopic (exact) mass is 512 g/mol. The molecule has 11 nitrogen and oxygen atoms in total. The molecule has 0 radical (unpaired) electrons. The van der Waals surface area contributed by atoms with Crippen molar-refractivity contribution in [2.45, 2.75) is 25.6 Å². The normalized spacial score (nSPS) is 15.5. The Bertz CT molecular complexity index is 1550. The molecule has 13 heteroatoms. The van der Waals surface area contributed by atoms with Crippen LogP contribution in [0.5, 0.6) is 5.19 Å². The number of nitrogens with one attached hydrogen (secondary N) is 1. The number of benzene rings is 1. The zero-order chi connectivity index (χ0) is 24.9. The molecule has 35 heavy (non-hydrogen) atoms. The Kier molecular flexibility index (Phi) is 7.09. The number of aromatic amines is 1. The van der Waals surface area contributed by atoms with E-state index < -0.39 is 29.9 Å². The van der Waals surface area contributed by atoms with Gasteiger partial charge in [-0.05, 0) is 36.3 Å². The van der Waals surface area contributed by atoms with Gasteiger partial charge < -0.3 is 9.84 Å². The molecule has 1 atom stereocenters. The Morgan fingerprint density at radius 2 is 2.11 bits per heavy atom. The van der Waals surface area contributed by atoms with Crippen molar-refractivity contribution in [3.8, 4) is 11.3 Å². The van der Waals surface area contributed by atoms with Crippen molar-refractivity contribution in [2.24, 2.45) is 4.99 Å². The lowest BCUT2D eigenvalue weighted by Crippen LogP contribution is -2.50. The summed E-state index contributed by atoms with van der Waals surface area (Å²) in [5.41, 5.74) is -0.591. The van der Waals surface area contributed by atoms with Gasteiger partial charge in [0.15, 0.2) is 0 Å². The van der Waals surface area contributed by atoms with Crippen LogP contribution in [-0.2, 0) is 13.1 Å². The summed E-state index contributed by atoms with van der Waals surface area (Å²) in [5, 5.41) is 18.7. The second kappa shape index (κ2) is 10.4. The number of H-pyrrole nitrogens is 1. The van der Waals surface area contributed by atoms with Crippen molar-refractivity contribution in [1.82, 2.24) is 19.1 Å². The van der Waals surface area contributed by atoms with Gasteiger partial charge in [-0.1, -0.05) is 41.1 Å². The molecule has 1 unspecified atom stereocenters. The maximum Gasteiger partial charge on any atom is 0.347 e. The zero-order valence-electron chi connectivity index (χ0n) is 17.9. The van der Waals surface area contributed by atoms with Crippen LogP contribution in [0.25, 0.3) is 0 Å². The van der Waals surface area contributed by atoms with Gasteiger partial charge in [-0.3, -0.25) is 9.55 Å². The van der Waals surface area contributed by atoms with Crippen LogP contribution in [0.2, 0.25) is 5.02 Å². The molecular weight excluding hydrogens is 496 g/mol. The first-order chi connectivity index (χ1) is 16.8. The van der Waals surface area contributed by atoms with Gasteiger partial charge in [-0.15, -0.1) is 0 Å². The average molecular weight is 513 g/mol. The quantitative estimate of drug-likeness (QED) is 0.489. The van der Waals surface area contributed by atoms with Gasteiger partial charge in [0.1, 0.15) is 17.2 Å². The van der Waals surface area contributed by atoms with E-state index in [0.29, 0.717) is 17.2 Å². The smallest absolute Gasteiger partial charge is 0.347 e. The van der Waals surface area contributed by atoms with E-state index in [1.54, 1.807) is 42.5 Å². The third-order valence-electron chi connectivity index (χ3n) is 4.90. The van der Waals surface area contributed by atoms with Gasteiger partial charge in [0.05, 0.1) is 24.9 Å². The first kappa shape index (κ1) is 23.9. The first-order valence-corrected chi connectivity index (χ1v) is 11.4. The summed E-state index contributed by atoms with van der Waals surface area (Å²) >= 11 is 6.85. The average Bonchev–Trinajstić information content (AvgIpc) is 3.31. The number of rotatable bonds is 7. The lowest BCUT2D eigenvalue weighted by molar-refractivity contribution is 0.0702. The van der Waals surface area contributed by atoms with Crippen LogP contribution < -0.4 is 21.7 Å². The molecule has 0 bridgehead atoms. The fourth-order valence-electron chi connectivity index (χ4n) is 3.20. The van der Waals surface area contributed by atoms with Gasteiger partial charge in [0.2, 0.25) is 5.62 Å². The molecule has 2 heterocycles. The van der Waals surface area contributed by atoms with Crippen molar-refractivity contribution in [3.63, 3.8) is 0 Å². The Hall–Kier alpha value is -4.21. The number of carboxylic acid groups (broad SMARTS) is 1. The summed E-state index contributed by atoms with van der Waals surface area (Å²) < 4.78 is 7.69. The molecule has 0 spiro atoms. The lowest BCUT2D eigenvalue weighted by atomic mass is 10.1. The zero-order valence-corrected chi connectivity index (χ0v) is 19.5. The molecule has 0 saturated carbocycles. The van der Waals surface area contributed by atoms with E-state index in [1.807, 2.05) is 6.07 Å². The fourth-order valence-corrected chi connectivity index (χ4v) is 3.95. The third kappa shape index (κ3) is 5.65. The molecule has 1 aromatic carbocycles. The van der Waals surface area contributed by atoms with Crippen molar-refractivity contribution < 1.29 is 14.6 Å². The molecule has 1 aliphatic carbocycles. The Balaban J connectivity index is 1.62.